The van der Waals surface area contributed by atoms with Gasteiger partial charge in [0.2, 0.25) is 0 Å². The fourth-order valence-electron chi connectivity index (χ4n) is 2.67. The Kier molecular flexibility index (Phi) is 7.44. The summed E-state index contributed by atoms with van der Waals surface area (Å²) >= 11 is 0. The van der Waals surface area contributed by atoms with Gasteiger partial charge in [-0.1, -0.05) is 38.1 Å². The zero-order chi connectivity index (χ0) is 20.7. The molecule has 0 heterocycles. The van der Waals surface area contributed by atoms with Crippen LogP contribution in [0.3, 0.4) is 0 Å². The minimum atomic E-state index is -0.770. The Balaban J connectivity index is 2.10. The number of amides is 1. The number of benzene rings is 2. The first-order valence-corrected chi connectivity index (χ1v) is 9.10. The van der Waals surface area contributed by atoms with Gasteiger partial charge in [0.1, 0.15) is 24.1 Å². The van der Waals surface area contributed by atoms with E-state index in [-0.39, 0.29) is 12.5 Å². The third-order valence-electron chi connectivity index (χ3n) is 4.45. The Morgan fingerprint density at radius 3 is 2.14 bits per heavy atom. The highest BCUT2D eigenvalue weighted by Crippen LogP contribution is 2.22. The van der Waals surface area contributed by atoms with Crippen LogP contribution in [0.1, 0.15) is 35.3 Å². The molecule has 0 radical (unpaired) electrons. The van der Waals surface area contributed by atoms with Crippen molar-refractivity contribution in [1.82, 2.24) is 5.32 Å². The van der Waals surface area contributed by atoms with Gasteiger partial charge in [-0.25, -0.2) is 4.79 Å². The lowest BCUT2D eigenvalue weighted by Gasteiger charge is -2.21. The zero-order valence-corrected chi connectivity index (χ0v) is 16.9. The molecule has 1 atom stereocenters. The minimum Gasteiger partial charge on any atom is -0.497 e. The summed E-state index contributed by atoms with van der Waals surface area (Å²) < 4.78 is 15.8. The number of carbonyl (C=O) groups excluding carboxylic acids is 2. The molecular formula is C22H27NO5. The Morgan fingerprint density at radius 2 is 1.61 bits per heavy atom. The SMILES string of the molecule is COc1cc(OC)cc(C(=O)N[C@H](C(=O)OCc2ccccc2C)C(C)C)c1. The fraction of sp³-hybridized carbons (Fsp3) is 0.364. The molecule has 6 nitrogen and oxygen atoms in total. The van der Waals surface area contributed by atoms with Crippen molar-refractivity contribution in [1.29, 1.82) is 0 Å². The minimum absolute atomic E-state index is 0.138. The second kappa shape index (κ2) is 9.78. The summed E-state index contributed by atoms with van der Waals surface area (Å²) in [6, 6.07) is 11.8. The lowest BCUT2D eigenvalue weighted by atomic mass is 10.0. The van der Waals surface area contributed by atoms with Crippen molar-refractivity contribution < 1.29 is 23.8 Å². The quantitative estimate of drug-likeness (QED) is 0.704. The molecule has 0 bridgehead atoms. The summed E-state index contributed by atoms with van der Waals surface area (Å²) in [4.78, 5) is 25.3. The van der Waals surface area contributed by atoms with Crippen molar-refractivity contribution in [3.8, 4) is 11.5 Å². The lowest BCUT2D eigenvalue weighted by Crippen LogP contribution is -2.45. The number of ether oxygens (including phenoxy) is 3. The van der Waals surface area contributed by atoms with E-state index in [1.54, 1.807) is 18.2 Å². The van der Waals surface area contributed by atoms with Crippen molar-refractivity contribution in [3.63, 3.8) is 0 Å². The molecule has 0 saturated heterocycles. The largest absolute Gasteiger partial charge is 0.497 e. The third-order valence-corrected chi connectivity index (χ3v) is 4.45. The van der Waals surface area contributed by atoms with Crippen LogP contribution in [0.25, 0.3) is 0 Å². The number of nitrogens with one attached hydrogen (secondary N) is 1. The number of aryl methyl sites for hydroxylation is 1. The number of methoxy groups -OCH3 is 2. The molecule has 0 aliphatic carbocycles. The van der Waals surface area contributed by atoms with Crippen molar-refractivity contribution in [2.45, 2.75) is 33.4 Å². The maximum Gasteiger partial charge on any atom is 0.329 e. The summed E-state index contributed by atoms with van der Waals surface area (Å²) in [5, 5.41) is 2.76. The normalized spacial score (nSPS) is 11.6. The van der Waals surface area contributed by atoms with Gasteiger partial charge >= 0.3 is 5.97 Å². The van der Waals surface area contributed by atoms with Gasteiger partial charge in [-0.2, -0.15) is 0 Å². The summed E-state index contributed by atoms with van der Waals surface area (Å²) in [6.45, 7) is 5.83. The number of carbonyl (C=O) groups is 2. The molecule has 0 aliphatic rings. The van der Waals surface area contributed by atoms with E-state index in [2.05, 4.69) is 5.32 Å². The number of hydrogen-bond acceptors (Lipinski definition) is 5. The highest BCUT2D eigenvalue weighted by atomic mass is 16.5. The van der Waals surface area contributed by atoms with Gasteiger partial charge < -0.3 is 19.5 Å². The van der Waals surface area contributed by atoms with Crippen LogP contribution in [0.4, 0.5) is 0 Å². The third kappa shape index (κ3) is 5.49. The predicted octanol–water partition coefficient (Wildman–Crippen LogP) is 3.51. The van der Waals surface area contributed by atoms with Crippen LogP contribution in [-0.2, 0) is 16.1 Å². The molecule has 0 unspecified atom stereocenters. The average Bonchev–Trinajstić information content (AvgIpc) is 2.70. The predicted molar refractivity (Wildman–Crippen MR) is 107 cm³/mol. The molecule has 0 aliphatic heterocycles. The van der Waals surface area contributed by atoms with Crippen LogP contribution in [0, 0.1) is 12.8 Å². The number of esters is 1. The smallest absolute Gasteiger partial charge is 0.329 e. The van der Waals surface area contributed by atoms with Gasteiger partial charge in [0.15, 0.2) is 0 Å². The van der Waals surface area contributed by atoms with E-state index in [9.17, 15) is 9.59 Å². The van der Waals surface area contributed by atoms with Gasteiger partial charge in [0.25, 0.3) is 5.91 Å². The summed E-state index contributed by atoms with van der Waals surface area (Å²) in [7, 11) is 3.02. The van der Waals surface area contributed by atoms with Crippen LogP contribution in [-0.4, -0.2) is 32.1 Å². The van der Waals surface area contributed by atoms with Crippen molar-refractivity contribution in [2.24, 2.45) is 5.92 Å². The molecular weight excluding hydrogens is 358 g/mol. The van der Waals surface area contributed by atoms with Gasteiger partial charge in [-0.15, -0.1) is 0 Å². The molecule has 28 heavy (non-hydrogen) atoms. The molecule has 0 fully saturated rings. The van der Waals surface area contributed by atoms with E-state index in [0.717, 1.165) is 11.1 Å². The number of rotatable bonds is 8. The molecule has 1 N–H and O–H groups in total. The van der Waals surface area contributed by atoms with E-state index < -0.39 is 17.9 Å². The molecule has 2 aromatic carbocycles. The Morgan fingerprint density at radius 1 is 1.00 bits per heavy atom. The Hall–Kier alpha value is -3.02. The second-order valence-electron chi connectivity index (χ2n) is 6.83. The van der Waals surface area contributed by atoms with Crippen LogP contribution in [0.15, 0.2) is 42.5 Å². The fourth-order valence-corrected chi connectivity index (χ4v) is 2.67. The maximum absolute atomic E-state index is 12.7. The van der Waals surface area contributed by atoms with E-state index in [4.69, 9.17) is 14.2 Å². The topological polar surface area (TPSA) is 73.9 Å². The number of hydrogen-bond donors (Lipinski definition) is 1. The Labute approximate surface area is 165 Å². The van der Waals surface area contributed by atoms with Crippen molar-refractivity contribution in [2.75, 3.05) is 14.2 Å². The average molecular weight is 385 g/mol. The van der Waals surface area contributed by atoms with E-state index in [1.165, 1.54) is 14.2 Å². The summed E-state index contributed by atoms with van der Waals surface area (Å²) in [5.74, 6) is -0.0218. The molecule has 6 heteroatoms. The highest BCUT2D eigenvalue weighted by molar-refractivity contribution is 5.97. The first-order chi connectivity index (χ1) is 13.3. The summed E-state index contributed by atoms with van der Waals surface area (Å²) in [5.41, 5.74) is 2.32. The van der Waals surface area contributed by atoms with E-state index in [0.29, 0.717) is 17.1 Å². The maximum atomic E-state index is 12.7. The Bertz CT molecular complexity index is 809. The van der Waals surface area contributed by atoms with Gasteiger partial charge in [0, 0.05) is 11.6 Å². The molecule has 0 aromatic heterocycles. The first-order valence-electron chi connectivity index (χ1n) is 9.10. The monoisotopic (exact) mass is 385 g/mol. The van der Waals surface area contributed by atoms with Crippen LogP contribution in [0.2, 0.25) is 0 Å². The van der Waals surface area contributed by atoms with Crippen molar-refractivity contribution >= 4 is 11.9 Å². The van der Waals surface area contributed by atoms with Crippen LogP contribution < -0.4 is 14.8 Å². The highest BCUT2D eigenvalue weighted by Gasteiger charge is 2.26. The van der Waals surface area contributed by atoms with Crippen molar-refractivity contribution in [3.05, 3.63) is 59.2 Å². The standard InChI is InChI=1S/C22H27NO5/c1-14(2)20(22(25)28-13-16-9-7-6-8-15(16)3)23-21(24)17-10-18(26-4)12-19(11-17)27-5/h6-12,14,20H,13H2,1-5H3,(H,23,24)/t20-/m0/s1. The van der Waals surface area contributed by atoms with Gasteiger partial charge in [-0.05, 0) is 36.1 Å². The zero-order valence-electron chi connectivity index (χ0n) is 16.9. The first kappa shape index (κ1) is 21.3. The summed E-state index contributed by atoms with van der Waals surface area (Å²) in [6.07, 6.45) is 0. The molecule has 0 spiro atoms. The lowest BCUT2D eigenvalue weighted by molar-refractivity contribution is -0.148. The molecule has 150 valence electrons. The van der Waals surface area contributed by atoms with E-state index >= 15 is 0 Å². The van der Waals surface area contributed by atoms with Gasteiger partial charge in [0.05, 0.1) is 14.2 Å². The molecule has 1 amide bonds. The van der Waals surface area contributed by atoms with Gasteiger partial charge in [-0.3, -0.25) is 4.79 Å². The second-order valence-corrected chi connectivity index (χ2v) is 6.83. The van der Waals surface area contributed by atoms with E-state index in [1.807, 2.05) is 45.0 Å². The van der Waals surface area contributed by atoms with Crippen LogP contribution in [0.5, 0.6) is 11.5 Å². The molecule has 2 aromatic rings. The van der Waals surface area contributed by atoms with Crippen LogP contribution >= 0.6 is 0 Å². The molecule has 0 saturated carbocycles. The molecule has 2 rings (SSSR count).